The first-order valence-corrected chi connectivity index (χ1v) is 11.0. The maximum absolute atomic E-state index is 12.6. The smallest absolute Gasteiger partial charge is 0.236 e. The lowest BCUT2D eigenvalue weighted by molar-refractivity contribution is -0.122. The average Bonchev–Trinajstić information content (AvgIpc) is 3.49. The summed E-state index contributed by atoms with van der Waals surface area (Å²) in [5.41, 5.74) is 1.86. The van der Waals surface area contributed by atoms with Crippen LogP contribution in [-0.2, 0) is 21.2 Å². The number of benzene rings is 1. The molecule has 2 aliphatic carbocycles. The van der Waals surface area contributed by atoms with Crippen molar-refractivity contribution in [3.05, 3.63) is 29.8 Å². The highest BCUT2D eigenvalue weighted by atomic mass is 32.2. The minimum atomic E-state index is -3.39. The van der Waals surface area contributed by atoms with Gasteiger partial charge in [-0.05, 0) is 61.5 Å². The fourth-order valence-corrected chi connectivity index (χ4v) is 5.51. The number of carbonyl (C=O) groups is 1. The number of sulfonamides is 1. The van der Waals surface area contributed by atoms with E-state index in [2.05, 4.69) is 5.32 Å². The van der Waals surface area contributed by atoms with Crippen molar-refractivity contribution in [2.75, 3.05) is 23.1 Å². The van der Waals surface area contributed by atoms with Crippen LogP contribution >= 0.6 is 0 Å². The number of carbonyl (C=O) groups excluding carboxylic acids is 1. The lowest BCUT2D eigenvalue weighted by Crippen LogP contribution is -2.37. The Morgan fingerprint density at radius 1 is 1.16 bits per heavy atom. The molecule has 1 N–H and O–H groups in total. The van der Waals surface area contributed by atoms with Gasteiger partial charge >= 0.3 is 0 Å². The maximum atomic E-state index is 12.6. The van der Waals surface area contributed by atoms with Crippen molar-refractivity contribution in [1.29, 1.82) is 0 Å². The molecule has 0 atom stereocenters. The molecule has 4 rings (SSSR count). The van der Waals surface area contributed by atoms with Crippen LogP contribution in [0, 0.1) is 17.8 Å². The van der Waals surface area contributed by atoms with Crippen molar-refractivity contribution >= 4 is 21.6 Å². The Kier molecular flexibility index (Phi) is 4.48. The molecule has 0 bridgehead atoms. The molecule has 25 heavy (non-hydrogen) atoms. The molecule has 1 amide bonds. The largest absolute Gasteiger partial charge is 0.355 e. The van der Waals surface area contributed by atoms with Crippen molar-refractivity contribution in [3.8, 4) is 0 Å². The Balaban J connectivity index is 1.28. The van der Waals surface area contributed by atoms with E-state index in [1.807, 2.05) is 24.3 Å². The monoisotopic (exact) mass is 362 g/mol. The van der Waals surface area contributed by atoms with E-state index in [0.717, 1.165) is 29.5 Å². The number of anilines is 1. The molecular weight excluding hydrogens is 336 g/mol. The summed E-state index contributed by atoms with van der Waals surface area (Å²) in [4.78, 5) is 12.2. The summed E-state index contributed by atoms with van der Waals surface area (Å²) in [7, 11) is -3.39. The molecular formula is C19H26N2O3S. The second-order valence-electron chi connectivity index (χ2n) is 7.66. The van der Waals surface area contributed by atoms with Gasteiger partial charge in [0.1, 0.15) is 0 Å². The van der Waals surface area contributed by atoms with Gasteiger partial charge in [0.15, 0.2) is 0 Å². The normalized spacial score (nSPS) is 20.0. The number of rotatable bonds is 8. The number of amides is 1. The molecule has 0 spiro atoms. The molecule has 0 radical (unpaired) electrons. The average molecular weight is 362 g/mol. The van der Waals surface area contributed by atoms with E-state index >= 15 is 0 Å². The summed E-state index contributed by atoms with van der Waals surface area (Å²) in [5, 5.41) is 2.84. The zero-order valence-corrected chi connectivity index (χ0v) is 15.3. The number of hydrogen-bond acceptors (Lipinski definition) is 3. The molecule has 1 aromatic carbocycles. The topological polar surface area (TPSA) is 66.5 Å². The SMILES string of the molecule is O=C(CC(C1CC1)C1CC1)NCCS(=O)(=O)N1CCc2ccccc21. The lowest BCUT2D eigenvalue weighted by Gasteiger charge is -2.20. The third-order valence-electron chi connectivity index (χ3n) is 5.74. The molecule has 1 aliphatic heterocycles. The number of para-hydroxylation sites is 1. The first-order valence-electron chi connectivity index (χ1n) is 9.39. The van der Waals surface area contributed by atoms with Gasteiger partial charge < -0.3 is 5.32 Å². The van der Waals surface area contributed by atoms with Gasteiger partial charge in [0.25, 0.3) is 0 Å². The Labute approximate surface area is 149 Å². The van der Waals surface area contributed by atoms with Crippen molar-refractivity contribution in [2.24, 2.45) is 17.8 Å². The van der Waals surface area contributed by atoms with Gasteiger partial charge in [-0.25, -0.2) is 8.42 Å². The number of nitrogens with one attached hydrogen (secondary N) is 1. The third kappa shape index (κ3) is 3.84. The van der Waals surface area contributed by atoms with Gasteiger partial charge in [0.05, 0.1) is 11.4 Å². The first kappa shape index (κ1) is 16.9. The summed E-state index contributed by atoms with van der Waals surface area (Å²) in [6, 6.07) is 7.63. The molecule has 136 valence electrons. The summed E-state index contributed by atoms with van der Waals surface area (Å²) < 4.78 is 26.7. The van der Waals surface area contributed by atoms with Crippen molar-refractivity contribution in [1.82, 2.24) is 5.32 Å². The Morgan fingerprint density at radius 2 is 1.84 bits per heavy atom. The van der Waals surface area contributed by atoms with Crippen LogP contribution in [0.3, 0.4) is 0 Å². The summed E-state index contributed by atoms with van der Waals surface area (Å²) >= 11 is 0. The van der Waals surface area contributed by atoms with Crippen LogP contribution in [0.25, 0.3) is 0 Å². The molecule has 1 heterocycles. The van der Waals surface area contributed by atoms with Crippen molar-refractivity contribution < 1.29 is 13.2 Å². The fraction of sp³-hybridized carbons (Fsp3) is 0.632. The third-order valence-corrected chi connectivity index (χ3v) is 7.51. The van der Waals surface area contributed by atoms with E-state index in [-0.39, 0.29) is 18.2 Å². The molecule has 0 aromatic heterocycles. The summed E-state index contributed by atoms with van der Waals surface area (Å²) in [6.45, 7) is 0.697. The van der Waals surface area contributed by atoms with E-state index in [4.69, 9.17) is 0 Å². The summed E-state index contributed by atoms with van der Waals surface area (Å²) in [5.74, 6) is 1.99. The Hall–Kier alpha value is -1.56. The van der Waals surface area contributed by atoms with Crippen LogP contribution in [-0.4, -0.2) is 33.2 Å². The molecule has 2 fully saturated rings. The van der Waals surface area contributed by atoms with Crippen LogP contribution in [0.1, 0.15) is 37.7 Å². The molecule has 3 aliphatic rings. The number of fused-ring (bicyclic) bond motifs is 1. The Bertz CT molecular complexity index is 742. The first-order chi connectivity index (χ1) is 12.0. The zero-order valence-electron chi connectivity index (χ0n) is 14.5. The van der Waals surface area contributed by atoms with E-state index in [1.165, 1.54) is 30.0 Å². The highest BCUT2D eigenvalue weighted by Crippen LogP contribution is 2.50. The van der Waals surface area contributed by atoms with Crippen molar-refractivity contribution in [3.63, 3.8) is 0 Å². The molecule has 0 saturated heterocycles. The molecule has 2 saturated carbocycles. The van der Waals surface area contributed by atoms with Crippen LogP contribution in [0.2, 0.25) is 0 Å². The van der Waals surface area contributed by atoms with Crippen LogP contribution in [0.4, 0.5) is 5.69 Å². The Morgan fingerprint density at radius 3 is 2.52 bits per heavy atom. The van der Waals surface area contributed by atoms with Gasteiger partial charge in [-0.3, -0.25) is 9.10 Å². The van der Waals surface area contributed by atoms with Gasteiger partial charge in [0, 0.05) is 19.5 Å². The van der Waals surface area contributed by atoms with Crippen molar-refractivity contribution in [2.45, 2.75) is 38.5 Å². The minimum absolute atomic E-state index is 0.0147. The van der Waals surface area contributed by atoms with E-state index in [9.17, 15) is 13.2 Å². The van der Waals surface area contributed by atoms with Gasteiger partial charge in [-0.15, -0.1) is 0 Å². The zero-order chi connectivity index (χ0) is 17.4. The maximum Gasteiger partial charge on any atom is 0.236 e. The van der Waals surface area contributed by atoms with Crippen LogP contribution in [0.15, 0.2) is 24.3 Å². The lowest BCUT2D eigenvalue weighted by atomic mass is 9.94. The van der Waals surface area contributed by atoms with Gasteiger partial charge in [0.2, 0.25) is 15.9 Å². The number of hydrogen-bond donors (Lipinski definition) is 1. The quantitative estimate of drug-likeness (QED) is 0.772. The minimum Gasteiger partial charge on any atom is -0.355 e. The fourth-order valence-electron chi connectivity index (χ4n) is 4.08. The highest BCUT2D eigenvalue weighted by Gasteiger charge is 2.42. The standard InChI is InChI=1S/C19H26N2O3S/c22-19(13-17(14-5-6-14)15-7-8-15)20-10-12-25(23,24)21-11-9-16-3-1-2-4-18(16)21/h1-4,14-15,17H,5-13H2,(H,20,22). The molecule has 5 nitrogen and oxygen atoms in total. The van der Waals surface area contributed by atoms with Crippen LogP contribution < -0.4 is 9.62 Å². The number of nitrogens with zero attached hydrogens (tertiary/aromatic N) is 1. The molecule has 1 aromatic rings. The predicted octanol–water partition coefficient (Wildman–Crippen LogP) is 2.32. The second kappa shape index (κ2) is 6.63. The predicted molar refractivity (Wildman–Crippen MR) is 97.8 cm³/mol. The highest BCUT2D eigenvalue weighted by molar-refractivity contribution is 7.92. The van der Waals surface area contributed by atoms with E-state index < -0.39 is 10.0 Å². The van der Waals surface area contributed by atoms with Gasteiger partial charge in [-0.1, -0.05) is 18.2 Å². The van der Waals surface area contributed by atoms with Crippen LogP contribution in [0.5, 0.6) is 0 Å². The molecule has 0 unspecified atom stereocenters. The van der Waals surface area contributed by atoms with E-state index in [1.54, 1.807) is 0 Å². The summed E-state index contributed by atoms with van der Waals surface area (Å²) in [6.07, 6.45) is 6.37. The second-order valence-corrected chi connectivity index (χ2v) is 9.67. The van der Waals surface area contributed by atoms with Gasteiger partial charge in [-0.2, -0.15) is 0 Å². The van der Waals surface area contributed by atoms with E-state index in [0.29, 0.717) is 18.9 Å². The molecule has 6 heteroatoms.